The van der Waals surface area contributed by atoms with Crippen molar-refractivity contribution >= 4 is 11.6 Å². The van der Waals surface area contributed by atoms with E-state index in [1.165, 1.54) is 12.1 Å². The van der Waals surface area contributed by atoms with Crippen LogP contribution in [0.25, 0.3) is 0 Å². The lowest BCUT2D eigenvalue weighted by Gasteiger charge is -2.38. The summed E-state index contributed by atoms with van der Waals surface area (Å²) < 4.78 is 12.8. The lowest BCUT2D eigenvalue weighted by Crippen LogP contribution is -2.53. The van der Waals surface area contributed by atoms with Gasteiger partial charge in [-0.1, -0.05) is 0 Å². The second kappa shape index (κ2) is 5.35. The zero-order valence-electron chi connectivity index (χ0n) is 10.5. The first-order chi connectivity index (χ1) is 8.58. The summed E-state index contributed by atoms with van der Waals surface area (Å²) in [5.41, 5.74) is 6.31. The van der Waals surface area contributed by atoms with E-state index in [1.807, 2.05) is 6.92 Å². The van der Waals surface area contributed by atoms with Gasteiger partial charge in [0.1, 0.15) is 5.82 Å². The molecule has 1 saturated heterocycles. The van der Waals surface area contributed by atoms with E-state index in [9.17, 15) is 9.18 Å². The van der Waals surface area contributed by atoms with Crippen LogP contribution in [0.3, 0.4) is 0 Å². The maximum absolute atomic E-state index is 12.8. The Morgan fingerprint density at radius 3 is 2.28 bits per heavy atom. The lowest BCUT2D eigenvalue weighted by molar-refractivity contribution is -0.122. The van der Waals surface area contributed by atoms with Gasteiger partial charge in [-0.3, -0.25) is 9.69 Å². The van der Waals surface area contributed by atoms with E-state index in [0.717, 1.165) is 31.9 Å². The number of anilines is 1. The van der Waals surface area contributed by atoms with Gasteiger partial charge < -0.3 is 10.6 Å². The highest BCUT2D eigenvalue weighted by molar-refractivity contribution is 5.79. The third-order valence-electron chi connectivity index (χ3n) is 3.47. The summed E-state index contributed by atoms with van der Waals surface area (Å²) in [5.74, 6) is -0.509. The maximum Gasteiger partial charge on any atom is 0.234 e. The molecule has 18 heavy (non-hydrogen) atoms. The average Bonchev–Trinajstić information content (AvgIpc) is 2.39. The highest BCUT2D eigenvalue weighted by atomic mass is 19.1. The highest BCUT2D eigenvalue weighted by Gasteiger charge is 2.23. The number of primary amides is 1. The molecule has 0 unspecified atom stereocenters. The molecule has 1 aliphatic heterocycles. The van der Waals surface area contributed by atoms with Crippen LogP contribution in [0.4, 0.5) is 10.1 Å². The second-order valence-corrected chi connectivity index (χ2v) is 4.58. The van der Waals surface area contributed by atoms with Crippen molar-refractivity contribution < 1.29 is 9.18 Å². The molecule has 5 heteroatoms. The number of carbonyl (C=O) groups excluding carboxylic acids is 1. The quantitative estimate of drug-likeness (QED) is 0.865. The molecule has 1 fully saturated rings. The number of hydrogen-bond acceptors (Lipinski definition) is 3. The first-order valence-electron chi connectivity index (χ1n) is 6.12. The zero-order chi connectivity index (χ0) is 13.1. The van der Waals surface area contributed by atoms with Gasteiger partial charge in [0.25, 0.3) is 0 Å². The fraction of sp³-hybridized carbons (Fsp3) is 0.462. The van der Waals surface area contributed by atoms with Gasteiger partial charge in [0.2, 0.25) is 5.91 Å². The molecule has 0 spiro atoms. The lowest BCUT2D eigenvalue weighted by atomic mass is 10.2. The van der Waals surface area contributed by atoms with Crippen molar-refractivity contribution in [3.63, 3.8) is 0 Å². The van der Waals surface area contributed by atoms with Gasteiger partial charge in [0.05, 0.1) is 6.04 Å². The Bertz CT molecular complexity index is 413. The fourth-order valence-corrected chi connectivity index (χ4v) is 2.20. The third kappa shape index (κ3) is 2.79. The van der Waals surface area contributed by atoms with Gasteiger partial charge in [-0.05, 0) is 31.2 Å². The molecule has 0 aromatic heterocycles. The van der Waals surface area contributed by atoms with Crippen LogP contribution >= 0.6 is 0 Å². The van der Waals surface area contributed by atoms with E-state index in [1.54, 1.807) is 12.1 Å². The van der Waals surface area contributed by atoms with Crippen molar-refractivity contribution in [2.45, 2.75) is 13.0 Å². The summed E-state index contributed by atoms with van der Waals surface area (Å²) in [6, 6.07) is 6.27. The number of piperazine rings is 1. The van der Waals surface area contributed by atoms with E-state index in [0.29, 0.717) is 0 Å². The number of hydrogen-bond donors (Lipinski definition) is 1. The third-order valence-corrected chi connectivity index (χ3v) is 3.47. The molecular formula is C13H18FN3O. The number of carbonyl (C=O) groups is 1. The van der Waals surface area contributed by atoms with Crippen molar-refractivity contribution in [3.05, 3.63) is 30.1 Å². The molecule has 0 aliphatic carbocycles. The van der Waals surface area contributed by atoms with E-state index in [4.69, 9.17) is 5.73 Å². The molecule has 1 amide bonds. The summed E-state index contributed by atoms with van der Waals surface area (Å²) in [4.78, 5) is 15.4. The number of benzene rings is 1. The molecule has 0 saturated carbocycles. The van der Waals surface area contributed by atoms with Crippen molar-refractivity contribution in [2.24, 2.45) is 5.73 Å². The Labute approximate surface area is 106 Å². The van der Waals surface area contributed by atoms with Gasteiger partial charge in [0, 0.05) is 31.9 Å². The second-order valence-electron chi connectivity index (χ2n) is 4.58. The maximum atomic E-state index is 12.8. The van der Waals surface area contributed by atoms with Crippen LogP contribution in [0.1, 0.15) is 6.92 Å². The minimum Gasteiger partial charge on any atom is -0.369 e. The summed E-state index contributed by atoms with van der Waals surface area (Å²) in [5, 5.41) is 0. The Balaban J connectivity index is 1.94. The first-order valence-corrected chi connectivity index (χ1v) is 6.12. The molecule has 0 bridgehead atoms. The first kappa shape index (κ1) is 12.8. The van der Waals surface area contributed by atoms with Crippen molar-refractivity contribution in [1.29, 1.82) is 0 Å². The Kier molecular flexibility index (Phi) is 3.81. The zero-order valence-corrected chi connectivity index (χ0v) is 10.5. The Morgan fingerprint density at radius 2 is 1.78 bits per heavy atom. The van der Waals surface area contributed by atoms with Crippen LogP contribution < -0.4 is 10.6 Å². The van der Waals surface area contributed by atoms with Crippen molar-refractivity contribution in [2.75, 3.05) is 31.1 Å². The predicted octanol–water partition coefficient (Wildman–Crippen LogP) is 0.822. The van der Waals surface area contributed by atoms with Crippen LogP contribution in [0.15, 0.2) is 24.3 Å². The standard InChI is InChI=1S/C13H18FN3O/c1-10(13(15)18)16-6-8-17(9-7-16)12-4-2-11(14)3-5-12/h2-5,10H,6-9H2,1H3,(H2,15,18)/t10-/m1/s1. The molecular weight excluding hydrogens is 233 g/mol. The van der Waals surface area contributed by atoms with Gasteiger partial charge in [0.15, 0.2) is 0 Å². The molecule has 1 aromatic rings. The van der Waals surface area contributed by atoms with Crippen LogP contribution in [-0.2, 0) is 4.79 Å². The molecule has 0 radical (unpaired) electrons. The molecule has 2 N–H and O–H groups in total. The molecule has 1 heterocycles. The van der Waals surface area contributed by atoms with Crippen LogP contribution in [0, 0.1) is 5.82 Å². The highest BCUT2D eigenvalue weighted by Crippen LogP contribution is 2.17. The Hall–Kier alpha value is -1.62. The van der Waals surface area contributed by atoms with E-state index in [-0.39, 0.29) is 17.8 Å². The number of nitrogens with zero attached hydrogens (tertiary/aromatic N) is 2. The molecule has 1 aromatic carbocycles. The van der Waals surface area contributed by atoms with Crippen LogP contribution in [0.5, 0.6) is 0 Å². The number of halogens is 1. The summed E-state index contributed by atoms with van der Waals surface area (Å²) >= 11 is 0. The molecule has 1 atom stereocenters. The predicted molar refractivity (Wildman–Crippen MR) is 68.8 cm³/mol. The van der Waals surface area contributed by atoms with Gasteiger partial charge >= 0.3 is 0 Å². The molecule has 98 valence electrons. The SMILES string of the molecule is C[C@H](C(N)=O)N1CCN(c2ccc(F)cc2)CC1. The van der Waals surface area contributed by atoms with Crippen molar-refractivity contribution in [3.8, 4) is 0 Å². The molecule has 4 nitrogen and oxygen atoms in total. The number of nitrogens with two attached hydrogens (primary N) is 1. The largest absolute Gasteiger partial charge is 0.369 e. The fourth-order valence-electron chi connectivity index (χ4n) is 2.20. The number of rotatable bonds is 3. The van der Waals surface area contributed by atoms with Crippen molar-refractivity contribution in [1.82, 2.24) is 4.90 Å². The molecule has 2 rings (SSSR count). The van der Waals surface area contributed by atoms with Crippen LogP contribution in [-0.4, -0.2) is 43.0 Å². The normalized spacial score (nSPS) is 18.7. The Morgan fingerprint density at radius 1 is 1.22 bits per heavy atom. The van der Waals surface area contributed by atoms with E-state index in [2.05, 4.69) is 9.80 Å². The van der Waals surface area contributed by atoms with E-state index < -0.39 is 0 Å². The summed E-state index contributed by atoms with van der Waals surface area (Å²) in [6.07, 6.45) is 0. The average molecular weight is 251 g/mol. The topological polar surface area (TPSA) is 49.6 Å². The minimum absolute atomic E-state index is 0.222. The minimum atomic E-state index is -0.287. The smallest absolute Gasteiger partial charge is 0.234 e. The number of amides is 1. The van der Waals surface area contributed by atoms with Gasteiger partial charge in [-0.2, -0.15) is 0 Å². The van der Waals surface area contributed by atoms with Crippen LogP contribution in [0.2, 0.25) is 0 Å². The monoisotopic (exact) mass is 251 g/mol. The van der Waals surface area contributed by atoms with Gasteiger partial charge in [-0.15, -0.1) is 0 Å². The van der Waals surface area contributed by atoms with E-state index >= 15 is 0 Å². The summed E-state index contributed by atoms with van der Waals surface area (Å²) in [6.45, 7) is 5.06. The summed E-state index contributed by atoms with van der Waals surface area (Å²) in [7, 11) is 0. The molecule has 1 aliphatic rings. The van der Waals surface area contributed by atoms with Gasteiger partial charge in [-0.25, -0.2) is 4.39 Å².